The van der Waals surface area contributed by atoms with E-state index in [4.69, 9.17) is 4.52 Å². The van der Waals surface area contributed by atoms with Crippen LogP contribution in [0.3, 0.4) is 0 Å². The minimum atomic E-state index is -2.97. The van der Waals surface area contributed by atoms with Gasteiger partial charge in [-0.05, 0) is 19.9 Å². The van der Waals surface area contributed by atoms with E-state index >= 15 is 0 Å². The average Bonchev–Trinajstić information content (AvgIpc) is 2.70. The molecule has 1 unspecified atom stereocenters. The van der Waals surface area contributed by atoms with Crippen LogP contribution in [-0.4, -0.2) is 36.6 Å². The molecule has 2 rings (SSSR count). The molecule has 17 heavy (non-hydrogen) atoms. The fourth-order valence-corrected chi connectivity index (χ4v) is 3.91. The molecule has 1 aromatic heterocycles. The highest BCUT2D eigenvalue weighted by Crippen LogP contribution is 2.22. The molecule has 1 N–H and O–H groups in total. The lowest BCUT2D eigenvalue weighted by Crippen LogP contribution is -2.30. The molecular formula is C10H17N3O3S. The monoisotopic (exact) mass is 259 g/mol. The predicted molar refractivity (Wildman–Crippen MR) is 62.2 cm³/mol. The number of hydrogen-bond acceptors (Lipinski definition) is 6. The van der Waals surface area contributed by atoms with Crippen LogP contribution in [0.4, 0.5) is 0 Å². The zero-order valence-electron chi connectivity index (χ0n) is 9.85. The van der Waals surface area contributed by atoms with Crippen LogP contribution in [0.5, 0.6) is 0 Å². The van der Waals surface area contributed by atoms with Crippen molar-refractivity contribution in [3.8, 4) is 0 Å². The van der Waals surface area contributed by atoms with Gasteiger partial charge in [-0.3, -0.25) is 0 Å². The molecule has 0 bridgehead atoms. The first kappa shape index (κ1) is 12.5. The van der Waals surface area contributed by atoms with Crippen molar-refractivity contribution in [2.75, 3.05) is 12.8 Å². The third-order valence-electron chi connectivity index (χ3n) is 2.96. The SMILES string of the molecule is CNCc1noc(CC2CCCCS2(=O)=O)n1. The van der Waals surface area contributed by atoms with Gasteiger partial charge in [0, 0.05) is 6.42 Å². The minimum Gasteiger partial charge on any atom is -0.339 e. The van der Waals surface area contributed by atoms with E-state index in [0.29, 0.717) is 31.1 Å². The molecule has 6 nitrogen and oxygen atoms in total. The Balaban J connectivity index is 2.04. The molecule has 0 amide bonds. The van der Waals surface area contributed by atoms with Gasteiger partial charge in [-0.2, -0.15) is 4.98 Å². The third kappa shape index (κ3) is 3.04. The van der Waals surface area contributed by atoms with Gasteiger partial charge in [-0.1, -0.05) is 11.6 Å². The van der Waals surface area contributed by atoms with Crippen molar-refractivity contribution >= 4 is 9.84 Å². The van der Waals surface area contributed by atoms with Gasteiger partial charge in [0.2, 0.25) is 5.89 Å². The van der Waals surface area contributed by atoms with Crippen molar-refractivity contribution in [3.05, 3.63) is 11.7 Å². The minimum absolute atomic E-state index is 0.287. The van der Waals surface area contributed by atoms with E-state index in [1.807, 2.05) is 0 Å². The summed E-state index contributed by atoms with van der Waals surface area (Å²) in [7, 11) is -1.17. The summed E-state index contributed by atoms with van der Waals surface area (Å²) < 4.78 is 28.7. The van der Waals surface area contributed by atoms with Crippen LogP contribution in [0.15, 0.2) is 4.52 Å². The molecule has 1 aliphatic rings. The van der Waals surface area contributed by atoms with E-state index in [-0.39, 0.29) is 11.0 Å². The zero-order valence-corrected chi connectivity index (χ0v) is 10.7. The van der Waals surface area contributed by atoms with E-state index in [0.717, 1.165) is 12.8 Å². The summed E-state index contributed by atoms with van der Waals surface area (Å²) >= 11 is 0. The van der Waals surface area contributed by atoms with Gasteiger partial charge in [0.1, 0.15) is 0 Å². The highest BCUT2D eigenvalue weighted by molar-refractivity contribution is 7.92. The number of hydrogen-bond donors (Lipinski definition) is 1. The number of sulfone groups is 1. The molecule has 0 saturated carbocycles. The molecule has 1 atom stereocenters. The van der Waals surface area contributed by atoms with E-state index in [2.05, 4.69) is 15.5 Å². The molecule has 1 aliphatic heterocycles. The smallest absolute Gasteiger partial charge is 0.227 e. The maximum absolute atomic E-state index is 11.8. The molecular weight excluding hydrogens is 242 g/mol. The van der Waals surface area contributed by atoms with Crippen molar-refractivity contribution in [2.45, 2.75) is 37.5 Å². The van der Waals surface area contributed by atoms with Gasteiger partial charge < -0.3 is 9.84 Å². The lowest BCUT2D eigenvalue weighted by Gasteiger charge is -2.20. The fraction of sp³-hybridized carbons (Fsp3) is 0.800. The summed E-state index contributed by atoms with van der Waals surface area (Å²) in [6.07, 6.45) is 2.78. The third-order valence-corrected chi connectivity index (χ3v) is 5.24. The van der Waals surface area contributed by atoms with Crippen molar-refractivity contribution in [3.63, 3.8) is 0 Å². The molecule has 0 aliphatic carbocycles. The van der Waals surface area contributed by atoms with Gasteiger partial charge in [0.05, 0.1) is 17.5 Å². The highest BCUT2D eigenvalue weighted by Gasteiger charge is 2.30. The van der Waals surface area contributed by atoms with Crippen LogP contribution in [0.1, 0.15) is 31.0 Å². The normalized spacial score (nSPS) is 23.7. The number of aromatic nitrogens is 2. The topological polar surface area (TPSA) is 85.1 Å². The predicted octanol–water partition coefficient (Wildman–Crippen LogP) is 0.299. The molecule has 1 saturated heterocycles. The van der Waals surface area contributed by atoms with Crippen molar-refractivity contribution in [1.29, 1.82) is 0 Å². The largest absolute Gasteiger partial charge is 0.339 e. The second kappa shape index (κ2) is 5.14. The Hall–Kier alpha value is -0.950. The van der Waals surface area contributed by atoms with Gasteiger partial charge in [0.25, 0.3) is 0 Å². The summed E-state index contributed by atoms with van der Waals surface area (Å²) in [6.45, 7) is 0.529. The Morgan fingerprint density at radius 3 is 3.00 bits per heavy atom. The molecule has 0 radical (unpaired) electrons. The average molecular weight is 259 g/mol. The lowest BCUT2D eigenvalue weighted by atomic mass is 10.1. The van der Waals surface area contributed by atoms with Crippen molar-refractivity contribution in [1.82, 2.24) is 15.5 Å². The number of nitrogens with one attached hydrogen (secondary N) is 1. The first-order valence-corrected chi connectivity index (χ1v) is 7.51. The van der Waals surface area contributed by atoms with Crippen molar-refractivity contribution in [2.24, 2.45) is 0 Å². The van der Waals surface area contributed by atoms with Gasteiger partial charge in [0.15, 0.2) is 15.7 Å². The zero-order chi connectivity index (χ0) is 12.3. The first-order chi connectivity index (χ1) is 8.12. The quantitative estimate of drug-likeness (QED) is 0.837. The van der Waals surface area contributed by atoms with E-state index < -0.39 is 9.84 Å². The second-order valence-corrected chi connectivity index (χ2v) is 6.72. The molecule has 7 heteroatoms. The number of rotatable bonds is 4. The summed E-state index contributed by atoms with van der Waals surface area (Å²) in [5.41, 5.74) is 0. The Labute approximate surface area is 101 Å². The second-order valence-electron chi connectivity index (χ2n) is 4.32. The molecule has 1 fully saturated rings. The molecule has 96 valence electrons. The van der Waals surface area contributed by atoms with Crippen LogP contribution in [0.2, 0.25) is 0 Å². The molecule has 0 spiro atoms. The van der Waals surface area contributed by atoms with Crippen LogP contribution < -0.4 is 5.32 Å². The highest BCUT2D eigenvalue weighted by atomic mass is 32.2. The van der Waals surface area contributed by atoms with Crippen molar-refractivity contribution < 1.29 is 12.9 Å². The van der Waals surface area contributed by atoms with E-state index in [1.54, 1.807) is 7.05 Å². The van der Waals surface area contributed by atoms with Crippen LogP contribution in [0.25, 0.3) is 0 Å². The lowest BCUT2D eigenvalue weighted by molar-refractivity contribution is 0.366. The van der Waals surface area contributed by atoms with Gasteiger partial charge >= 0.3 is 0 Å². The summed E-state index contributed by atoms with van der Waals surface area (Å²) in [4.78, 5) is 4.15. The summed E-state index contributed by atoms with van der Waals surface area (Å²) in [5.74, 6) is 1.27. The standard InChI is InChI=1S/C10H17N3O3S/c1-11-7-9-12-10(16-13-9)6-8-4-2-3-5-17(8,14)15/h8,11H,2-7H2,1H3. The fourth-order valence-electron chi connectivity index (χ4n) is 2.05. The van der Waals surface area contributed by atoms with Crippen LogP contribution >= 0.6 is 0 Å². The van der Waals surface area contributed by atoms with E-state index in [1.165, 1.54) is 0 Å². The van der Waals surface area contributed by atoms with Gasteiger partial charge in [-0.15, -0.1) is 0 Å². The Morgan fingerprint density at radius 2 is 2.29 bits per heavy atom. The maximum atomic E-state index is 11.8. The Bertz CT molecular complexity index is 469. The first-order valence-electron chi connectivity index (χ1n) is 5.79. The molecule has 1 aromatic rings. The Kier molecular flexibility index (Phi) is 3.78. The van der Waals surface area contributed by atoms with E-state index in [9.17, 15) is 8.42 Å². The number of nitrogens with zero attached hydrogens (tertiary/aromatic N) is 2. The van der Waals surface area contributed by atoms with Gasteiger partial charge in [-0.25, -0.2) is 8.42 Å². The molecule has 0 aromatic carbocycles. The maximum Gasteiger partial charge on any atom is 0.227 e. The van der Waals surface area contributed by atoms with Crippen LogP contribution in [-0.2, 0) is 22.8 Å². The summed E-state index contributed by atoms with van der Waals surface area (Å²) in [5, 5.41) is 6.34. The Morgan fingerprint density at radius 1 is 1.47 bits per heavy atom. The summed E-state index contributed by atoms with van der Waals surface area (Å²) in [6, 6.07) is 0. The molecule has 2 heterocycles. The van der Waals surface area contributed by atoms with Crippen LogP contribution in [0, 0.1) is 0 Å².